The molecule has 7 heteroatoms. The van der Waals surface area contributed by atoms with E-state index in [1.165, 1.54) is 0 Å². The van der Waals surface area contributed by atoms with Gasteiger partial charge in [0.25, 0.3) is 5.91 Å². The summed E-state index contributed by atoms with van der Waals surface area (Å²) in [5.41, 5.74) is 0.422. The third-order valence-corrected chi connectivity index (χ3v) is 5.40. The minimum absolute atomic E-state index is 0.0605. The highest BCUT2D eigenvalue weighted by molar-refractivity contribution is 6.02. The molecule has 3 heterocycles. The van der Waals surface area contributed by atoms with Crippen LogP contribution in [0.1, 0.15) is 24.4 Å². The Morgan fingerprint density at radius 1 is 1.35 bits per heavy atom. The van der Waals surface area contributed by atoms with Gasteiger partial charge >= 0.3 is 5.97 Å². The van der Waals surface area contributed by atoms with Crippen molar-refractivity contribution >= 4 is 22.9 Å². The van der Waals surface area contributed by atoms with Crippen LogP contribution in [0.4, 0.5) is 0 Å². The normalized spacial score (nSPS) is 27.5. The topological polar surface area (TPSA) is 85.5 Å². The van der Waals surface area contributed by atoms with Crippen LogP contribution in [0.5, 0.6) is 0 Å². The second-order valence-corrected chi connectivity index (χ2v) is 6.95. The van der Waals surface area contributed by atoms with E-state index in [2.05, 4.69) is 22.3 Å². The van der Waals surface area contributed by atoms with Crippen LogP contribution in [-0.4, -0.2) is 46.6 Å². The van der Waals surface area contributed by atoms with Gasteiger partial charge in [0.2, 0.25) is 11.4 Å². The van der Waals surface area contributed by atoms with E-state index in [4.69, 9.17) is 9.26 Å². The van der Waals surface area contributed by atoms with Crippen molar-refractivity contribution in [2.45, 2.75) is 13.8 Å². The maximum atomic E-state index is 13.0. The number of rotatable bonds is 3. The first-order valence-electron chi connectivity index (χ1n) is 8.94. The largest absolute Gasteiger partial charge is 0.466 e. The van der Waals surface area contributed by atoms with E-state index in [1.54, 1.807) is 23.2 Å². The summed E-state index contributed by atoms with van der Waals surface area (Å²) >= 11 is 0. The Morgan fingerprint density at radius 2 is 2.19 bits per heavy atom. The molecule has 2 aromatic heterocycles. The summed E-state index contributed by atoms with van der Waals surface area (Å²) in [4.78, 5) is 31.3. The summed E-state index contributed by atoms with van der Waals surface area (Å²) in [5.74, 6) is -0.100. The van der Waals surface area contributed by atoms with Gasteiger partial charge in [-0.05, 0) is 36.8 Å². The Balaban J connectivity index is 1.58. The number of hydrogen-bond acceptors (Lipinski definition) is 6. The second kappa shape index (κ2) is 6.55. The van der Waals surface area contributed by atoms with Gasteiger partial charge in [0.15, 0.2) is 0 Å². The van der Waals surface area contributed by atoms with E-state index in [0.29, 0.717) is 30.7 Å². The van der Waals surface area contributed by atoms with E-state index >= 15 is 0 Å². The molecule has 0 spiro atoms. The van der Waals surface area contributed by atoms with Gasteiger partial charge in [0.05, 0.1) is 17.9 Å². The highest BCUT2D eigenvalue weighted by Gasteiger charge is 2.46. The summed E-state index contributed by atoms with van der Waals surface area (Å²) in [7, 11) is 0. The highest BCUT2D eigenvalue weighted by Crippen LogP contribution is 2.40. The number of nitrogens with zero attached hydrogens (tertiary/aromatic N) is 3. The Hall–Kier alpha value is -2.70. The van der Waals surface area contributed by atoms with Crippen molar-refractivity contribution in [1.29, 1.82) is 0 Å². The molecule has 1 amide bonds. The highest BCUT2D eigenvalue weighted by atomic mass is 16.5. The lowest BCUT2D eigenvalue weighted by molar-refractivity contribution is -0.152. The third kappa shape index (κ3) is 2.67. The molecule has 26 heavy (non-hydrogen) atoms. The average Bonchev–Trinajstić information content (AvgIpc) is 3.25. The first kappa shape index (κ1) is 16.8. The quantitative estimate of drug-likeness (QED) is 0.620. The van der Waals surface area contributed by atoms with E-state index in [9.17, 15) is 9.59 Å². The molecule has 4 atom stereocenters. The maximum absolute atomic E-state index is 13.0. The number of carbonyl (C=O) groups is 2. The van der Waals surface area contributed by atoms with Crippen LogP contribution in [0.3, 0.4) is 0 Å². The van der Waals surface area contributed by atoms with Crippen LogP contribution < -0.4 is 0 Å². The minimum Gasteiger partial charge on any atom is -0.466 e. The second-order valence-electron chi connectivity index (χ2n) is 6.95. The average molecular weight is 355 g/mol. The number of aromatic nitrogens is 2. The number of allylic oxidation sites excluding steroid dienone is 1. The summed E-state index contributed by atoms with van der Waals surface area (Å²) in [6, 6.07) is 3.53. The van der Waals surface area contributed by atoms with Gasteiger partial charge in [0.1, 0.15) is 0 Å². The zero-order valence-corrected chi connectivity index (χ0v) is 14.8. The van der Waals surface area contributed by atoms with Crippen LogP contribution >= 0.6 is 0 Å². The first-order valence-corrected chi connectivity index (χ1v) is 8.94. The van der Waals surface area contributed by atoms with E-state index in [-0.39, 0.29) is 41.3 Å². The minimum atomic E-state index is -0.226. The lowest BCUT2D eigenvalue weighted by atomic mass is 9.72. The molecule has 2 aliphatic rings. The summed E-state index contributed by atoms with van der Waals surface area (Å²) in [5, 5.41) is 4.47. The van der Waals surface area contributed by atoms with E-state index in [1.807, 2.05) is 13.8 Å². The zero-order chi connectivity index (χ0) is 18.3. The monoisotopic (exact) mass is 355 g/mol. The number of amides is 1. The number of ether oxygens (including phenoxy) is 1. The third-order valence-electron chi connectivity index (χ3n) is 5.40. The molecule has 0 unspecified atom stereocenters. The lowest BCUT2D eigenvalue weighted by Gasteiger charge is -2.31. The first-order chi connectivity index (χ1) is 12.6. The summed E-state index contributed by atoms with van der Waals surface area (Å²) < 4.78 is 10.5. The molecule has 0 aromatic carbocycles. The van der Waals surface area contributed by atoms with Crippen molar-refractivity contribution in [3.05, 3.63) is 36.2 Å². The number of pyridine rings is 1. The number of fused-ring (bicyclic) bond motifs is 2. The molecule has 0 saturated carbocycles. The number of hydrogen-bond donors (Lipinski definition) is 0. The molecule has 1 aliphatic carbocycles. The van der Waals surface area contributed by atoms with E-state index < -0.39 is 0 Å². The number of esters is 1. The van der Waals surface area contributed by atoms with Crippen molar-refractivity contribution in [2.75, 3.05) is 19.7 Å². The van der Waals surface area contributed by atoms with Crippen LogP contribution in [0, 0.1) is 23.7 Å². The molecule has 1 aliphatic heterocycles. The van der Waals surface area contributed by atoms with Crippen LogP contribution in [-0.2, 0) is 9.53 Å². The Bertz CT molecular complexity index is 875. The molecular formula is C19H21N3O4. The molecule has 4 rings (SSSR count). The molecule has 136 valence electrons. The van der Waals surface area contributed by atoms with Gasteiger partial charge in [-0.15, -0.1) is 0 Å². The molecule has 0 radical (unpaired) electrons. The zero-order valence-electron chi connectivity index (χ0n) is 14.8. The Labute approximate surface area is 151 Å². The SMILES string of the molecule is CCOC(=O)[C@H]1[C@@H]2CN(C(=O)c3onc4ncccc34)C[C@@H]2C=C[C@@H]1C. The standard InChI is InChI=1S/C19H21N3O4/c1-3-25-19(24)15-11(2)6-7-12-9-22(10-14(12)15)18(23)16-13-5-4-8-20-17(13)21-26-16/h4-8,11-12,14-15H,3,9-10H2,1-2H3/t11-,12-,14+,15+/m0/s1. The summed E-state index contributed by atoms with van der Waals surface area (Å²) in [6.45, 7) is 5.26. The molecule has 2 aromatic rings. The van der Waals surface area contributed by atoms with Gasteiger partial charge in [-0.3, -0.25) is 9.59 Å². The summed E-state index contributed by atoms with van der Waals surface area (Å²) in [6.07, 6.45) is 5.79. The van der Waals surface area contributed by atoms with Crippen LogP contribution in [0.2, 0.25) is 0 Å². The fourth-order valence-corrected chi connectivity index (χ4v) is 4.14. The van der Waals surface area contributed by atoms with Gasteiger partial charge in [-0.25, -0.2) is 4.98 Å². The molecule has 7 nitrogen and oxygen atoms in total. The fourth-order valence-electron chi connectivity index (χ4n) is 4.14. The Kier molecular flexibility index (Phi) is 4.22. The number of carbonyl (C=O) groups excluding carboxylic acids is 2. The van der Waals surface area contributed by atoms with Crippen molar-refractivity contribution in [2.24, 2.45) is 23.7 Å². The molecule has 1 saturated heterocycles. The molecule has 0 bridgehead atoms. The van der Waals surface area contributed by atoms with E-state index in [0.717, 1.165) is 0 Å². The van der Waals surface area contributed by atoms with Crippen molar-refractivity contribution in [3.63, 3.8) is 0 Å². The predicted molar refractivity (Wildman–Crippen MR) is 93.1 cm³/mol. The van der Waals surface area contributed by atoms with Gasteiger partial charge in [-0.1, -0.05) is 24.2 Å². The van der Waals surface area contributed by atoms with Gasteiger partial charge in [0, 0.05) is 19.3 Å². The molecular weight excluding hydrogens is 334 g/mol. The number of likely N-dealkylation sites (tertiary alicyclic amines) is 1. The van der Waals surface area contributed by atoms with Gasteiger partial charge < -0.3 is 14.2 Å². The van der Waals surface area contributed by atoms with Crippen molar-refractivity contribution in [1.82, 2.24) is 15.0 Å². The fraction of sp³-hybridized carbons (Fsp3) is 0.474. The van der Waals surface area contributed by atoms with Crippen molar-refractivity contribution < 1.29 is 18.8 Å². The van der Waals surface area contributed by atoms with Crippen LogP contribution in [0.15, 0.2) is 35.0 Å². The Morgan fingerprint density at radius 3 is 3.00 bits per heavy atom. The van der Waals surface area contributed by atoms with Crippen molar-refractivity contribution in [3.8, 4) is 0 Å². The van der Waals surface area contributed by atoms with Crippen LogP contribution in [0.25, 0.3) is 11.0 Å². The van der Waals surface area contributed by atoms with Gasteiger partial charge in [-0.2, -0.15) is 0 Å². The maximum Gasteiger partial charge on any atom is 0.309 e. The molecule has 1 fully saturated rings. The predicted octanol–water partition coefficient (Wildman–Crippen LogP) is 2.30. The smallest absolute Gasteiger partial charge is 0.309 e. The molecule has 0 N–H and O–H groups in total. The lowest BCUT2D eigenvalue weighted by Crippen LogP contribution is -2.37.